The van der Waals surface area contributed by atoms with Crippen LogP contribution in [0.3, 0.4) is 0 Å². The zero-order chi connectivity index (χ0) is 17.0. The molecule has 1 aliphatic heterocycles. The third-order valence-electron chi connectivity index (χ3n) is 3.56. The van der Waals surface area contributed by atoms with Crippen LogP contribution in [-0.4, -0.2) is 32.0 Å². The van der Waals surface area contributed by atoms with E-state index in [1.54, 1.807) is 31.2 Å². The lowest BCUT2D eigenvalue weighted by molar-refractivity contribution is -0.139. The molecule has 0 saturated carbocycles. The molecule has 0 aliphatic carbocycles. The molecule has 1 atom stereocenters. The summed E-state index contributed by atoms with van der Waals surface area (Å²) in [6, 6.07) is 6.89. The normalized spacial score (nSPS) is 17.3. The van der Waals surface area contributed by atoms with Crippen molar-refractivity contribution in [1.29, 1.82) is 0 Å². The number of rotatable bonds is 4. The van der Waals surface area contributed by atoms with Crippen LogP contribution in [0.25, 0.3) is 0 Å². The number of esters is 1. The van der Waals surface area contributed by atoms with Gasteiger partial charge in [-0.05, 0) is 19.1 Å². The summed E-state index contributed by atoms with van der Waals surface area (Å²) in [7, 11) is 2.72. The van der Waals surface area contributed by atoms with E-state index in [1.165, 1.54) is 14.2 Å². The molecule has 2 amide bonds. The van der Waals surface area contributed by atoms with Crippen LogP contribution in [0.5, 0.6) is 5.75 Å². The fourth-order valence-corrected chi connectivity index (χ4v) is 2.47. The smallest absolute Gasteiger partial charge is 0.336 e. The van der Waals surface area contributed by atoms with E-state index in [9.17, 15) is 14.4 Å². The van der Waals surface area contributed by atoms with Gasteiger partial charge in [-0.25, -0.2) is 4.79 Å². The van der Waals surface area contributed by atoms with Gasteiger partial charge < -0.3 is 20.1 Å². The second kappa shape index (κ2) is 6.95. The number of benzene rings is 1. The Bertz CT molecular complexity index is 681. The molecule has 1 aromatic carbocycles. The summed E-state index contributed by atoms with van der Waals surface area (Å²) in [5.41, 5.74) is 0.945. The van der Waals surface area contributed by atoms with Gasteiger partial charge in [0.05, 0.1) is 31.4 Å². The van der Waals surface area contributed by atoms with Gasteiger partial charge in [0, 0.05) is 12.1 Å². The maximum absolute atomic E-state index is 12.6. The molecule has 0 aromatic heterocycles. The molecule has 0 bridgehead atoms. The molecule has 1 aliphatic rings. The minimum Gasteiger partial charge on any atom is -0.495 e. The number of hydrogen-bond donors (Lipinski definition) is 2. The largest absolute Gasteiger partial charge is 0.495 e. The fourth-order valence-electron chi connectivity index (χ4n) is 2.47. The predicted octanol–water partition coefficient (Wildman–Crippen LogP) is 1.22. The van der Waals surface area contributed by atoms with Crippen molar-refractivity contribution in [3.05, 3.63) is 35.5 Å². The van der Waals surface area contributed by atoms with Gasteiger partial charge in [0.1, 0.15) is 5.75 Å². The van der Waals surface area contributed by atoms with E-state index in [0.29, 0.717) is 17.1 Å². The summed E-state index contributed by atoms with van der Waals surface area (Å²) >= 11 is 0. The molecule has 122 valence electrons. The van der Waals surface area contributed by atoms with Gasteiger partial charge in [-0.2, -0.15) is 0 Å². The second-order valence-electron chi connectivity index (χ2n) is 5.02. The third-order valence-corrected chi connectivity index (χ3v) is 3.56. The summed E-state index contributed by atoms with van der Waals surface area (Å²) in [6.45, 7) is 1.56. The second-order valence-corrected chi connectivity index (χ2v) is 5.02. The molecule has 0 radical (unpaired) electrons. The summed E-state index contributed by atoms with van der Waals surface area (Å²) in [5.74, 6) is -1.86. The summed E-state index contributed by atoms with van der Waals surface area (Å²) in [4.78, 5) is 36.2. The maximum atomic E-state index is 12.6. The first-order valence-corrected chi connectivity index (χ1v) is 7.00. The first kappa shape index (κ1) is 16.5. The zero-order valence-corrected chi connectivity index (χ0v) is 13.1. The first-order valence-electron chi connectivity index (χ1n) is 7.00. The molecular weight excluding hydrogens is 300 g/mol. The van der Waals surface area contributed by atoms with E-state index >= 15 is 0 Å². The lowest BCUT2D eigenvalue weighted by Crippen LogP contribution is -2.40. The van der Waals surface area contributed by atoms with Gasteiger partial charge in [-0.1, -0.05) is 12.1 Å². The van der Waals surface area contributed by atoms with E-state index in [4.69, 9.17) is 9.47 Å². The molecular formula is C16H18N2O5. The maximum Gasteiger partial charge on any atom is 0.336 e. The van der Waals surface area contributed by atoms with Crippen LogP contribution in [0.4, 0.5) is 5.69 Å². The minimum atomic E-state index is -0.916. The number of allylic oxidation sites excluding steroid dienone is 1. The molecule has 1 aromatic rings. The Labute approximate surface area is 133 Å². The molecule has 2 rings (SSSR count). The van der Waals surface area contributed by atoms with Crippen molar-refractivity contribution in [2.45, 2.75) is 13.3 Å². The van der Waals surface area contributed by atoms with Crippen LogP contribution >= 0.6 is 0 Å². The summed E-state index contributed by atoms with van der Waals surface area (Å²) in [6.07, 6.45) is -0.122. The number of hydrogen-bond acceptors (Lipinski definition) is 5. The number of carbonyl (C=O) groups is 3. The third kappa shape index (κ3) is 3.50. The number of para-hydroxylation sites is 2. The highest BCUT2D eigenvalue weighted by Crippen LogP contribution is 2.28. The van der Waals surface area contributed by atoms with Crippen molar-refractivity contribution >= 4 is 23.5 Å². The van der Waals surface area contributed by atoms with Crippen molar-refractivity contribution in [1.82, 2.24) is 5.32 Å². The van der Waals surface area contributed by atoms with Crippen LogP contribution in [0.15, 0.2) is 35.5 Å². The SMILES string of the molecule is COC(=O)C1=C(C)NC(=O)C[C@@H]1C(=O)Nc1ccccc1OC. The van der Waals surface area contributed by atoms with Crippen LogP contribution < -0.4 is 15.4 Å². The van der Waals surface area contributed by atoms with E-state index in [2.05, 4.69) is 10.6 Å². The van der Waals surface area contributed by atoms with Crippen molar-refractivity contribution in [3.8, 4) is 5.75 Å². The number of carbonyl (C=O) groups excluding carboxylic acids is 3. The van der Waals surface area contributed by atoms with Gasteiger partial charge in [-0.3, -0.25) is 9.59 Å². The Hall–Kier alpha value is -2.83. The molecule has 2 N–H and O–H groups in total. The monoisotopic (exact) mass is 318 g/mol. The average molecular weight is 318 g/mol. The molecule has 7 heteroatoms. The van der Waals surface area contributed by atoms with E-state index in [0.717, 1.165) is 0 Å². The summed E-state index contributed by atoms with van der Waals surface area (Å²) in [5, 5.41) is 5.25. The van der Waals surface area contributed by atoms with Gasteiger partial charge in [0.15, 0.2) is 0 Å². The molecule has 0 fully saturated rings. The predicted molar refractivity (Wildman–Crippen MR) is 82.6 cm³/mol. The lowest BCUT2D eigenvalue weighted by atomic mass is 9.89. The van der Waals surface area contributed by atoms with E-state index in [1.807, 2.05) is 0 Å². The van der Waals surface area contributed by atoms with Crippen LogP contribution in [0.2, 0.25) is 0 Å². The molecule has 7 nitrogen and oxygen atoms in total. The highest BCUT2D eigenvalue weighted by atomic mass is 16.5. The van der Waals surface area contributed by atoms with Crippen LogP contribution in [0.1, 0.15) is 13.3 Å². The lowest BCUT2D eigenvalue weighted by Gasteiger charge is -2.25. The van der Waals surface area contributed by atoms with Gasteiger partial charge in [0.25, 0.3) is 0 Å². The highest BCUT2D eigenvalue weighted by Gasteiger charge is 2.36. The van der Waals surface area contributed by atoms with Crippen molar-refractivity contribution in [2.75, 3.05) is 19.5 Å². The molecule has 0 unspecified atom stereocenters. The minimum absolute atomic E-state index is 0.122. The Kier molecular flexibility index (Phi) is 5.00. The van der Waals surface area contributed by atoms with Crippen LogP contribution in [-0.2, 0) is 19.1 Å². The Balaban J connectivity index is 2.30. The number of anilines is 1. The van der Waals surface area contributed by atoms with E-state index < -0.39 is 17.8 Å². The average Bonchev–Trinajstić information content (AvgIpc) is 2.54. The Morgan fingerprint density at radius 3 is 2.61 bits per heavy atom. The standard InChI is InChI=1S/C16H18N2O5/c1-9-14(16(21)23-3)10(8-13(19)17-9)15(20)18-11-6-4-5-7-12(11)22-2/h4-7,10H,8H2,1-3H3,(H,17,19)(H,18,20)/t10-/m0/s1. The molecule has 0 saturated heterocycles. The van der Waals surface area contributed by atoms with Crippen LogP contribution in [0, 0.1) is 5.92 Å². The number of amides is 2. The zero-order valence-electron chi connectivity index (χ0n) is 13.1. The van der Waals surface area contributed by atoms with Gasteiger partial charge in [0.2, 0.25) is 11.8 Å². The quantitative estimate of drug-likeness (QED) is 0.814. The molecule has 0 spiro atoms. The number of methoxy groups -OCH3 is 2. The Morgan fingerprint density at radius 1 is 1.26 bits per heavy atom. The first-order chi connectivity index (χ1) is 11.0. The van der Waals surface area contributed by atoms with Crippen molar-refractivity contribution in [2.24, 2.45) is 5.92 Å². The molecule has 1 heterocycles. The topological polar surface area (TPSA) is 93.7 Å². The van der Waals surface area contributed by atoms with E-state index in [-0.39, 0.29) is 17.9 Å². The molecule has 23 heavy (non-hydrogen) atoms. The highest BCUT2D eigenvalue weighted by molar-refractivity contribution is 6.06. The van der Waals surface area contributed by atoms with Crippen molar-refractivity contribution in [3.63, 3.8) is 0 Å². The van der Waals surface area contributed by atoms with Crippen molar-refractivity contribution < 1.29 is 23.9 Å². The number of ether oxygens (including phenoxy) is 2. The van der Waals surface area contributed by atoms with Gasteiger partial charge in [-0.15, -0.1) is 0 Å². The Morgan fingerprint density at radius 2 is 1.96 bits per heavy atom. The fraction of sp³-hybridized carbons (Fsp3) is 0.312. The summed E-state index contributed by atoms with van der Waals surface area (Å²) < 4.78 is 9.89. The van der Waals surface area contributed by atoms with Gasteiger partial charge >= 0.3 is 5.97 Å². The number of nitrogens with one attached hydrogen (secondary N) is 2.